The molecule has 3 aromatic rings. The number of benzene rings is 1. The van der Waals surface area contributed by atoms with E-state index in [1.165, 1.54) is 11.3 Å². The van der Waals surface area contributed by atoms with Crippen molar-refractivity contribution >= 4 is 29.1 Å². The number of alkyl halides is 3. The molecular weight excluding hydrogens is 519 g/mol. The van der Waals surface area contributed by atoms with E-state index < -0.39 is 17.5 Å². The van der Waals surface area contributed by atoms with E-state index in [0.29, 0.717) is 49.7 Å². The number of hydrogen-bond acceptors (Lipinski definition) is 8. The number of anilines is 2. The molecule has 2 N–H and O–H groups in total. The molecule has 1 saturated heterocycles. The molecule has 1 aliphatic heterocycles. The fourth-order valence-corrected chi connectivity index (χ4v) is 5.29. The van der Waals surface area contributed by atoms with Crippen LogP contribution in [-0.4, -0.2) is 50.7 Å². The number of aromatic nitrogens is 3. The predicted octanol–water partition coefficient (Wildman–Crippen LogP) is 6.28. The highest BCUT2D eigenvalue weighted by Crippen LogP contribution is 2.39. The summed E-state index contributed by atoms with van der Waals surface area (Å²) >= 11 is 1.35. The molecule has 0 aliphatic carbocycles. The molecule has 0 radical (unpaired) electrons. The van der Waals surface area contributed by atoms with Crippen LogP contribution < -0.4 is 5.32 Å². The average Bonchev–Trinajstić information content (AvgIpc) is 3.28. The van der Waals surface area contributed by atoms with Gasteiger partial charge in [-0.05, 0) is 55.5 Å². The van der Waals surface area contributed by atoms with E-state index in [4.69, 9.17) is 4.74 Å². The zero-order chi connectivity index (χ0) is 27.3. The van der Waals surface area contributed by atoms with Gasteiger partial charge in [-0.3, -0.25) is 0 Å². The smallest absolute Gasteiger partial charge is 0.433 e. The van der Waals surface area contributed by atoms with Gasteiger partial charge in [-0.1, -0.05) is 19.4 Å². The summed E-state index contributed by atoms with van der Waals surface area (Å²) in [4.78, 5) is 26.8. The van der Waals surface area contributed by atoms with Gasteiger partial charge in [0.1, 0.15) is 16.3 Å². The molecule has 38 heavy (non-hydrogen) atoms. The van der Waals surface area contributed by atoms with Gasteiger partial charge in [0.2, 0.25) is 5.95 Å². The van der Waals surface area contributed by atoms with E-state index in [0.717, 1.165) is 41.1 Å². The number of nitrogens with zero attached hydrogens (tertiary/aromatic N) is 4. The van der Waals surface area contributed by atoms with Gasteiger partial charge in [-0.25, -0.2) is 19.7 Å². The Morgan fingerprint density at radius 3 is 2.82 bits per heavy atom. The summed E-state index contributed by atoms with van der Waals surface area (Å²) in [6.07, 6.45) is 0.994. The average molecular weight is 550 g/mol. The molecule has 4 rings (SSSR count). The quantitative estimate of drug-likeness (QED) is 0.335. The largest absolute Gasteiger partial charge is 0.449 e. The number of carbonyl (C=O) groups excluding carboxylic acids is 1. The van der Waals surface area contributed by atoms with Gasteiger partial charge < -0.3 is 20.1 Å². The number of nitrogens with one attached hydrogen (secondary N) is 1. The number of carbonyl (C=O) groups is 1. The molecule has 0 bridgehead atoms. The van der Waals surface area contributed by atoms with E-state index in [2.05, 4.69) is 20.3 Å². The minimum absolute atomic E-state index is 0.160. The third-order valence-electron chi connectivity index (χ3n) is 6.26. The van der Waals surface area contributed by atoms with Gasteiger partial charge in [0.25, 0.3) is 0 Å². The molecule has 2 aromatic heterocycles. The molecule has 1 fully saturated rings. The van der Waals surface area contributed by atoms with Crippen molar-refractivity contribution in [1.29, 1.82) is 0 Å². The summed E-state index contributed by atoms with van der Waals surface area (Å²) < 4.78 is 44.4. The maximum atomic E-state index is 13.0. The number of unbranched alkanes of at least 4 members (excludes halogenated alkanes) is 1. The Morgan fingerprint density at radius 2 is 2.05 bits per heavy atom. The number of ether oxygens (including phenoxy) is 1. The van der Waals surface area contributed by atoms with Crippen molar-refractivity contribution in [2.24, 2.45) is 0 Å². The van der Waals surface area contributed by atoms with Crippen LogP contribution in [0.15, 0.2) is 36.7 Å². The van der Waals surface area contributed by atoms with E-state index in [-0.39, 0.29) is 12.0 Å². The Balaban J connectivity index is 1.49. The summed E-state index contributed by atoms with van der Waals surface area (Å²) in [5.74, 6) is -0.160. The maximum absolute atomic E-state index is 13.0. The van der Waals surface area contributed by atoms with Gasteiger partial charge in [-0.2, -0.15) is 13.2 Å². The monoisotopic (exact) mass is 549 g/mol. The van der Waals surface area contributed by atoms with Crippen molar-refractivity contribution in [2.75, 3.05) is 25.0 Å². The lowest BCUT2D eigenvalue weighted by Crippen LogP contribution is -2.34. The Bertz CT molecular complexity index is 1270. The maximum Gasteiger partial charge on any atom is 0.433 e. The summed E-state index contributed by atoms with van der Waals surface area (Å²) in [5.41, 5.74) is -0.00370. The van der Waals surface area contributed by atoms with Crippen molar-refractivity contribution in [3.05, 3.63) is 52.9 Å². The van der Waals surface area contributed by atoms with Crippen LogP contribution in [0, 0.1) is 6.92 Å². The van der Waals surface area contributed by atoms with E-state index in [1.807, 2.05) is 19.9 Å². The van der Waals surface area contributed by atoms with Crippen LogP contribution in [0.3, 0.4) is 0 Å². The Kier molecular flexibility index (Phi) is 8.51. The van der Waals surface area contributed by atoms with Crippen molar-refractivity contribution in [3.63, 3.8) is 0 Å². The molecule has 1 aliphatic rings. The fourth-order valence-electron chi connectivity index (χ4n) is 4.24. The van der Waals surface area contributed by atoms with Crippen LogP contribution in [0.25, 0.3) is 10.4 Å². The molecule has 3 heterocycles. The van der Waals surface area contributed by atoms with E-state index >= 15 is 0 Å². The molecule has 8 nitrogen and oxygen atoms in total. The van der Waals surface area contributed by atoms with Gasteiger partial charge in [0.15, 0.2) is 0 Å². The third-order valence-corrected chi connectivity index (χ3v) is 7.50. The van der Waals surface area contributed by atoms with Crippen LogP contribution >= 0.6 is 11.3 Å². The van der Waals surface area contributed by atoms with Gasteiger partial charge in [-0.15, -0.1) is 11.3 Å². The van der Waals surface area contributed by atoms with Crippen LogP contribution in [0.4, 0.5) is 29.6 Å². The highest BCUT2D eigenvalue weighted by Gasteiger charge is 2.36. The molecule has 0 saturated carbocycles. The summed E-state index contributed by atoms with van der Waals surface area (Å²) in [5, 5.41) is 14.9. The number of aliphatic hydroxyl groups is 1. The summed E-state index contributed by atoms with van der Waals surface area (Å²) in [6.45, 7) is 5.17. The number of amides is 1. The molecule has 1 aromatic carbocycles. The zero-order valence-electron chi connectivity index (χ0n) is 21.2. The second-order valence-electron chi connectivity index (χ2n) is 9.35. The van der Waals surface area contributed by atoms with Crippen molar-refractivity contribution in [2.45, 2.75) is 57.7 Å². The van der Waals surface area contributed by atoms with Crippen LogP contribution in [0.5, 0.6) is 0 Å². The lowest BCUT2D eigenvalue weighted by atomic mass is 9.96. The minimum Gasteiger partial charge on any atom is -0.449 e. The highest BCUT2D eigenvalue weighted by molar-refractivity contribution is 7.15. The number of aryl methyl sites for hydroxylation is 1. The molecule has 0 spiro atoms. The molecule has 1 atom stereocenters. The molecular formula is C26H30F3N5O3S. The zero-order valence-corrected chi connectivity index (χ0v) is 22.0. The lowest BCUT2D eigenvalue weighted by molar-refractivity contribution is -0.141. The van der Waals surface area contributed by atoms with Crippen molar-refractivity contribution in [3.8, 4) is 10.4 Å². The number of likely N-dealkylation sites (tertiary alicyclic amines) is 1. The van der Waals surface area contributed by atoms with Crippen molar-refractivity contribution in [1.82, 2.24) is 19.9 Å². The van der Waals surface area contributed by atoms with E-state index in [1.54, 1.807) is 23.2 Å². The lowest BCUT2D eigenvalue weighted by Gasteiger charge is -2.24. The Labute approximate surface area is 222 Å². The molecule has 1 amide bonds. The van der Waals surface area contributed by atoms with E-state index in [9.17, 15) is 23.1 Å². The Morgan fingerprint density at radius 1 is 1.24 bits per heavy atom. The normalized spacial score (nSPS) is 18.2. The second kappa shape index (κ2) is 11.6. The number of rotatable bonds is 7. The molecule has 12 heteroatoms. The Hall–Kier alpha value is -3.25. The fraction of sp³-hybridized carbons (Fsp3) is 0.462. The predicted molar refractivity (Wildman–Crippen MR) is 138 cm³/mol. The molecule has 1 unspecified atom stereocenters. The number of hydrogen-bond donors (Lipinski definition) is 2. The third kappa shape index (κ3) is 6.79. The van der Waals surface area contributed by atoms with Crippen molar-refractivity contribution < 1.29 is 27.8 Å². The first kappa shape index (κ1) is 27.8. The van der Waals surface area contributed by atoms with Crippen LogP contribution in [0.1, 0.15) is 55.3 Å². The minimum atomic E-state index is -4.57. The topological polar surface area (TPSA) is 100 Å². The standard InChI is InChI=1S/C26H30F3N5O3S/c1-3-4-12-37-24(35)34-10-5-7-25(36,8-11-34)22-31-16-20(38-22)18-13-17(2)14-19(15-18)32-23-30-9-6-21(33-23)26(27,28)29/h6,9,13-16,36H,3-5,7-8,10-12H2,1-2H3,(H,30,32,33). The van der Waals surface area contributed by atoms with Gasteiger partial charge in [0.05, 0.1) is 11.5 Å². The van der Waals surface area contributed by atoms with Crippen LogP contribution in [0.2, 0.25) is 0 Å². The van der Waals surface area contributed by atoms with Crippen LogP contribution in [-0.2, 0) is 16.5 Å². The molecule has 204 valence electrons. The summed E-state index contributed by atoms with van der Waals surface area (Å²) in [7, 11) is 0. The van der Waals surface area contributed by atoms with Gasteiger partial charge >= 0.3 is 12.3 Å². The number of thiazole rings is 1. The van der Waals surface area contributed by atoms with Gasteiger partial charge in [0, 0.05) is 37.6 Å². The number of halogens is 3. The first-order valence-corrected chi connectivity index (χ1v) is 13.3. The second-order valence-corrected chi connectivity index (χ2v) is 10.4. The first-order valence-electron chi connectivity index (χ1n) is 12.5. The first-order chi connectivity index (χ1) is 18.1. The SMILES string of the molecule is CCCCOC(=O)N1CCCC(O)(c2ncc(-c3cc(C)cc(Nc4nccc(C(F)(F)F)n4)c3)s2)CC1. The summed E-state index contributed by atoms with van der Waals surface area (Å²) in [6, 6.07) is 6.31. The highest BCUT2D eigenvalue weighted by atomic mass is 32.1.